The van der Waals surface area contributed by atoms with Crippen molar-refractivity contribution < 1.29 is 0 Å². The van der Waals surface area contributed by atoms with Crippen molar-refractivity contribution in [1.82, 2.24) is 15.1 Å². The molecule has 0 amide bonds. The summed E-state index contributed by atoms with van der Waals surface area (Å²) < 4.78 is 1.53. The first-order valence-corrected chi connectivity index (χ1v) is 8.18. The number of aromatic nitrogens is 2. The van der Waals surface area contributed by atoms with Gasteiger partial charge in [0.2, 0.25) is 0 Å². The van der Waals surface area contributed by atoms with E-state index in [-0.39, 0.29) is 5.56 Å². The fraction of sp³-hybridized carbons (Fsp3) is 0.750. The minimum atomic E-state index is -0.0248. The van der Waals surface area contributed by atoms with Gasteiger partial charge in [-0.1, -0.05) is 33.1 Å². The largest absolute Gasteiger partial charge is 0.373 e. The third kappa shape index (κ3) is 6.76. The highest BCUT2D eigenvalue weighted by atomic mass is 16.1. The predicted molar refractivity (Wildman–Crippen MR) is 89.1 cm³/mol. The molecule has 1 aromatic heterocycles. The highest BCUT2D eigenvalue weighted by Crippen LogP contribution is 2.06. The van der Waals surface area contributed by atoms with Crippen LogP contribution < -0.4 is 15.8 Å². The fourth-order valence-electron chi connectivity index (χ4n) is 2.25. The van der Waals surface area contributed by atoms with E-state index >= 15 is 0 Å². The average molecular weight is 294 g/mol. The van der Waals surface area contributed by atoms with Crippen LogP contribution in [0.5, 0.6) is 0 Å². The van der Waals surface area contributed by atoms with Crippen LogP contribution in [0.25, 0.3) is 0 Å². The zero-order valence-corrected chi connectivity index (χ0v) is 13.8. The lowest BCUT2D eigenvalue weighted by atomic mass is 10.2. The van der Waals surface area contributed by atoms with Crippen LogP contribution in [0.2, 0.25) is 0 Å². The van der Waals surface area contributed by atoms with Crippen molar-refractivity contribution in [3.05, 3.63) is 22.6 Å². The molecule has 0 saturated carbocycles. The number of unbranched alkanes of at least 4 members (excludes halogenated alkanes) is 3. The molecule has 0 aliphatic rings. The lowest BCUT2D eigenvalue weighted by molar-refractivity contribution is 0.518. The number of anilines is 1. The van der Waals surface area contributed by atoms with Crippen molar-refractivity contribution in [3.63, 3.8) is 0 Å². The van der Waals surface area contributed by atoms with Crippen molar-refractivity contribution in [2.75, 3.05) is 31.6 Å². The van der Waals surface area contributed by atoms with Gasteiger partial charge in [-0.3, -0.25) is 4.79 Å². The summed E-state index contributed by atoms with van der Waals surface area (Å²) in [5.74, 6) is 0. The quantitative estimate of drug-likeness (QED) is 0.636. The Balaban J connectivity index is 2.34. The summed E-state index contributed by atoms with van der Waals surface area (Å²) in [5.41, 5.74) is 0.869. The SMILES string of the molecule is CCCCCCNCCn1ncc(N(C)CCC)cc1=O. The molecule has 1 heterocycles. The van der Waals surface area contributed by atoms with Crippen LogP contribution in [0.1, 0.15) is 46.0 Å². The molecule has 0 radical (unpaired) electrons. The molecule has 0 aromatic carbocycles. The highest BCUT2D eigenvalue weighted by Gasteiger charge is 2.03. The molecular formula is C16H30N4O. The van der Waals surface area contributed by atoms with E-state index in [1.807, 2.05) is 7.05 Å². The molecule has 1 N–H and O–H groups in total. The van der Waals surface area contributed by atoms with Crippen molar-refractivity contribution in [3.8, 4) is 0 Å². The van der Waals surface area contributed by atoms with E-state index < -0.39 is 0 Å². The molecule has 0 aliphatic carbocycles. The zero-order valence-electron chi connectivity index (χ0n) is 13.8. The van der Waals surface area contributed by atoms with Crippen molar-refractivity contribution in [2.24, 2.45) is 0 Å². The van der Waals surface area contributed by atoms with E-state index in [0.29, 0.717) is 6.54 Å². The Morgan fingerprint density at radius 2 is 2.00 bits per heavy atom. The van der Waals surface area contributed by atoms with Gasteiger partial charge >= 0.3 is 0 Å². The Labute approximate surface area is 128 Å². The lowest BCUT2D eigenvalue weighted by Gasteiger charge is -2.17. The summed E-state index contributed by atoms with van der Waals surface area (Å²) in [6.45, 7) is 7.72. The minimum absolute atomic E-state index is 0.0248. The van der Waals surface area contributed by atoms with Gasteiger partial charge in [-0.05, 0) is 19.4 Å². The standard InChI is InChI=1S/C16H30N4O/c1-4-6-7-8-9-17-10-12-20-16(21)13-15(14-18-20)19(3)11-5-2/h13-14,17H,4-12H2,1-3H3. The summed E-state index contributed by atoms with van der Waals surface area (Å²) in [6.07, 6.45) is 7.88. The van der Waals surface area contributed by atoms with Gasteiger partial charge in [-0.15, -0.1) is 0 Å². The number of hydrogen-bond acceptors (Lipinski definition) is 4. The number of nitrogens with one attached hydrogen (secondary N) is 1. The lowest BCUT2D eigenvalue weighted by Crippen LogP contribution is -2.30. The molecule has 0 saturated heterocycles. The van der Waals surface area contributed by atoms with E-state index in [0.717, 1.165) is 31.7 Å². The number of nitrogens with zero attached hydrogens (tertiary/aromatic N) is 3. The van der Waals surface area contributed by atoms with Crippen molar-refractivity contribution >= 4 is 5.69 Å². The molecule has 21 heavy (non-hydrogen) atoms. The predicted octanol–water partition coefficient (Wildman–Crippen LogP) is 2.26. The van der Waals surface area contributed by atoms with Crippen LogP contribution in [-0.4, -0.2) is 36.5 Å². The molecule has 0 bridgehead atoms. The summed E-state index contributed by atoms with van der Waals surface area (Å²) in [4.78, 5) is 14.1. The molecule has 0 aliphatic heterocycles. The Morgan fingerprint density at radius 1 is 1.19 bits per heavy atom. The molecule has 0 fully saturated rings. The fourth-order valence-corrected chi connectivity index (χ4v) is 2.25. The minimum Gasteiger partial charge on any atom is -0.373 e. The summed E-state index contributed by atoms with van der Waals surface area (Å²) in [6, 6.07) is 1.67. The van der Waals surface area contributed by atoms with Crippen LogP contribution >= 0.6 is 0 Å². The zero-order chi connectivity index (χ0) is 15.5. The maximum absolute atomic E-state index is 12.0. The van der Waals surface area contributed by atoms with E-state index in [1.54, 1.807) is 12.3 Å². The molecule has 1 rings (SSSR count). The van der Waals surface area contributed by atoms with Gasteiger partial charge in [0.15, 0.2) is 0 Å². The van der Waals surface area contributed by atoms with Gasteiger partial charge in [-0.2, -0.15) is 5.10 Å². The number of rotatable bonds is 11. The van der Waals surface area contributed by atoms with Crippen LogP contribution in [0.15, 0.2) is 17.1 Å². The molecule has 5 nitrogen and oxygen atoms in total. The van der Waals surface area contributed by atoms with E-state index in [1.165, 1.54) is 30.4 Å². The first-order chi connectivity index (χ1) is 10.2. The van der Waals surface area contributed by atoms with Crippen molar-refractivity contribution in [1.29, 1.82) is 0 Å². The molecule has 0 unspecified atom stereocenters. The third-order valence-corrected chi connectivity index (χ3v) is 3.56. The van der Waals surface area contributed by atoms with Gasteiger partial charge in [0.1, 0.15) is 0 Å². The molecule has 0 spiro atoms. The topological polar surface area (TPSA) is 50.2 Å². The maximum atomic E-state index is 12.0. The Bertz CT molecular complexity index is 444. The van der Waals surface area contributed by atoms with Gasteiger partial charge in [0.05, 0.1) is 18.4 Å². The molecule has 120 valence electrons. The monoisotopic (exact) mass is 294 g/mol. The van der Waals surface area contributed by atoms with E-state index in [9.17, 15) is 4.79 Å². The second-order valence-electron chi connectivity index (χ2n) is 5.51. The summed E-state index contributed by atoms with van der Waals surface area (Å²) in [7, 11) is 1.99. The van der Waals surface area contributed by atoms with E-state index in [2.05, 4.69) is 29.2 Å². The van der Waals surface area contributed by atoms with Gasteiger partial charge in [-0.25, -0.2) is 4.68 Å². The normalized spacial score (nSPS) is 10.8. The Hall–Kier alpha value is -1.36. The van der Waals surface area contributed by atoms with E-state index in [4.69, 9.17) is 0 Å². The summed E-state index contributed by atoms with van der Waals surface area (Å²) >= 11 is 0. The first-order valence-electron chi connectivity index (χ1n) is 8.18. The molecule has 1 aromatic rings. The summed E-state index contributed by atoms with van der Waals surface area (Å²) in [5, 5.41) is 7.62. The van der Waals surface area contributed by atoms with Gasteiger partial charge < -0.3 is 10.2 Å². The van der Waals surface area contributed by atoms with Crippen LogP contribution in [-0.2, 0) is 6.54 Å². The Kier molecular flexibility index (Phi) is 8.74. The van der Waals surface area contributed by atoms with Gasteiger partial charge in [0, 0.05) is 26.2 Å². The Morgan fingerprint density at radius 3 is 2.67 bits per heavy atom. The first kappa shape index (κ1) is 17.7. The molecule has 5 heteroatoms. The highest BCUT2D eigenvalue weighted by molar-refractivity contribution is 5.41. The maximum Gasteiger partial charge on any atom is 0.268 e. The van der Waals surface area contributed by atoms with Crippen LogP contribution in [0, 0.1) is 0 Å². The second-order valence-corrected chi connectivity index (χ2v) is 5.51. The van der Waals surface area contributed by atoms with Crippen LogP contribution in [0.3, 0.4) is 0 Å². The third-order valence-electron chi connectivity index (χ3n) is 3.56. The van der Waals surface area contributed by atoms with Crippen LogP contribution in [0.4, 0.5) is 5.69 Å². The average Bonchev–Trinajstić information content (AvgIpc) is 2.48. The number of hydrogen-bond donors (Lipinski definition) is 1. The second kappa shape index (κ2) is 10.4. The van der Waals surface area contributed by atoms with Crippen molar-refractivity contribution in [2.45, 2.75) is 52.5 Å². The smallest absolute Gasteiger partial charge is 0.268 e. The molecule has 0 atom stereocenters. The molecular weight excluding hydrogens is 264 g/mol. The van der Waals surface area contributed by atoms with Gasteiger partial charge in [0.25, 0.3) is 5.56 Å².